The van der Waals surface area contributed by atoms with Crippen molar-refractivity contribution in [1.82, 2.24) is 19.3 Å². The average molecular weight is 181 g/mol. The monoisotopic (exact) mass is 181 g/mol. The maximum atomic E-state index is 3.98. The molecule has 0 fully saturated rings. The molecular formula is C6H7N5S. The highest BCUT2D eigenvalue weighted by atomic mass is 32.1. The lowest BCUT2D eigenvalue weighted by molar-refractivity contribution is 1.07. The van der Waals surface area contributed by atoms with Crippen LogP contribution in [0.2, 0.25) is 0 Å². The van der Waals surface area contributed by atoms with Crippen LogP contribution in [0.25, 0.3) is 0 Å². The van der Waals surface area contributed by atoms with E-state index in [2.05, 4.69) is 24.6 Å². The SMILES string of the molecule is c1nsc(NCc2cnc[nH]2)n1. The van der Waals surface area contributed by atoms with Crippen molar-refractivity contribution in [2.45, 2.75) is 6.54 Å². The van der Waals surface area contributed by atoms with Crippen LogP contribution in [-0.4, -0.2) is 19.3 Å². The molecule has 0 unspecified atom stereocenters. The average Bonchev–Trinajstić information content (AvgIpc) is 2.74. The summed E-state index contributed by atoms with van der Waals surface area (Å²) < 4.78 is 3.86. The van der Waals surface area contributed by atoms with Gasteiger partial charge in [-0.1, -0.05) is 0 Å². The lowest BCUT2D eigenvalue weighted by Gasteiger charge is -1.96. The Labute approximate surface area is 73.1 Å². The predicted octanol–water partition coefficient (Wildman–Crippen LogP) is 0.873. The first-order valence-corrected chi connectivity index (χ1v) is 4.20. The second-order valence-electron chi connectivity index (χ2n) is 2.18. The van der Waals surface area contributed by atoms with Gasteiger partial charge in [0.25, 0.3) is 0 Å². The largest absolute Gasteiger partial charge is 0.355 e. The highest BCUT2D eigenvalue weighted by molar-refractivity contribution is 7.09. The van der Waals surface area contributed by atoms with Crippen LogP contribution >= 0.6 is 11.5 Å². The second-order valence-corrected chi connectivity index (χ2v) is 2.96. The van der Waals surface area contributed by atoms with Gasteiger partial charge < -0.3 is 10.3 Å². The third-order valence-corrected chi connectivity index (χ3v) is 1.97. The summed E-state index contributed by atoms with van der Waals surface area (Å²) in [5, 5.41) is 3.92. The van der Waals surface area contributed by atoms with E-state index in [1.807, 2.05) is 0 Å². The third-order valence-electron chi connectivity index (χ3n) is 1.35. The first-order chi connectivity index (χ1) is 5.95. The van der Waals surface area contributed by atoms with Gasteiger partial charge in [-0.15, -0.1) is 0 Å². The molecule has 2 aromatic rings. The van der Waals surface area contributed by atoms with E-state index in [-0.39, 0.29) is 0 Å². The number of nitrogens with one attached hydrogen (secondary N) is 2. The number of nitrogens with zero attached hydrogens (tertiary/aromatic N) is 3. The Morgan fingerprint density at radius 3 is 3.25 bits per heavy atom. The van der Waals surface area contributed by atoms with Crippen molar-refractivity contribution >= 4 is 16.7 Å². The summed E-state index contributed by atoms with van der Waals surface area (Å²) in [5.74, 6) is 0. The van der Waals surface area contributed by atoms with Crippen molar-refractivity contribution in [2.75, 3.05) is 5.32 Å². The van der Waals surface area contributed by atoms with Gasteiger partial charge in [0.1, 0.15) is 6.33 Å². The minimum absolute atomic E-state index is 0.704. The molecule has 2 N–H and O–H groups in total. The molecule has 0 saturated carbocycles. The summed E-state index contributed by atoms with van der Waals surface area (Å²) in [6, 6.07) is 0. The van der Waals surface area contributed by atoms with Crippen LogP contribution in [0.15, 0.2) is 18.9 Å². The van der Waals surface area contributed by atoms with E-state index in [1.54, 1.807) is 12.5 Å². The van der Waals surface area contributed by atoms with Crippen LogP contribution in [0.5, 0.6) is 0 Å². The van der Waals surface area contributed by atoms with Crippen molar-refractivity contribution in [2.24, 2.45) is 0 Å². The Morgan fingerprint density at radius 2 is 2.58 bits per heavy atom. The summed E-state index contributed by atoms with van der Waals surface area (Å²) >= 11 is 1.34. The number of hydrogen-bond donors (Lipinski definition) is 2. The molecule has 0 aromatic carbocycles. The van der Waals surface area contributed by atoms with Crippen molar-refractivity contribution < 1.29 is 0 Å². The molecule has 0 spiro atoms. The first kappa shape index (κ1) is 7.23. The van der Waals surface area contributed by atoms with Crippen LogP contribution < -0.4 is 5.32 Å². The Morgan fingerprint density at radius 1 is 1.58 bits per heavy atom. The molecule has 2 aromatic heterocycles. The smallest absolute Gasteiger partial charge is 0.202 e. The molecule has 2 heterocycles. The Bertz CT molecular complexity index is 279. The molecule has 12 heavy (non-hydrogen) atoms. The quantitative estimate of drug-likeness (QED) is 0.737. The maximum absolute atomic E-state index is 3.98. The van der Waals surface area contributed by atoms with E-state index < -0.39 is 0 Å². The van der Waals surface area contributed by atoms with Crippen molar-refractivity contribution in [3.8, 4) is 0 Å². The lowest BCUT2D eigenvalue weighted by atomic mass is 10.5. The first-order valence-electron chi connectivity index (χ1n) is 3.43. The van der Waals surface area contributed by atoms with E-state index in [1.165, 1.54) is 17.9 Å². The third kappa shape index (κ3) is 1.59. The molecule has 0 aliphatic carbocycles. The van der Waals surface area contributed by atoms with E-state index in [0.717, 1.165) is 10.8 Å². The number of aromatic nitrogens is 4. The zero-order valence-electron chi connectivity index (χ0n) is 6.19. The van der Waals surface area contributed by atoms with Gasteiger partial charge in [-0.05, 0) is 0 Å². The molecule has 62 valence electrons. The van der Waals surface area contributed by atoms with E-state index in [0.29, 0.717) is 6.54 Å². The maximum Gasteiger partial charge on any atom is 0.202 e. The molecule has 5 nitrogen and oxygen atoms in total. The topological polar surface area (TPSA) is 66.5 Å². The van der Waals surface area contributed by atoms with Gasteiger partial charge in [0.2, 0.25) is 5.13 Å². The van der Waals surface area contributed by atoms with Crippen LogP contribution in [0.3, 0.4) is 0 Å². The standard InChI is InChI=1S/C6H7N5S/c1-5(9-3-7-1)2-8-6-10-4-11-12-6/h1,3-4H,2H2,(H,7,9)(H,8,10,11). The van der Waals surface area contributed by atoms with E-state index in [9.17, 15) is 0 Å². The molecule has 6 heteroatoms. The summed E-state index contributed by atoms with van der Waals surface area (Å²) in [4.78, 5) is 10.9. The number of aromatic amines is 1. The van der Waals surface area contributed by atoms with Gasteiger partial charge in [-0.2, -0.15) is 4.37 Å². The molecule has 0 saturated heterocycles. The molecule has 0 aliphatic heterocycles. The van der Waals surface area contributed by atoms with Gasteiger partial charge in [-0.25, -0.2) is 9.97 Å². The minimum atomic E-state index is 0.704. The van der Waals surface area contributed by atoms with Gasteiger partial charge in [-0.3, -0.25) is 0 Å². The summed E-state index contributed by atoms with van der Waals surface area (Å²) in [6.45, 7) is 0.704. The number of anilines is 1. The van der Waals surface area contributed by atoms with E-state index >= 15 is 0 Å². The molecule has 0 aliphatic rings. The number of imidazole rings is 1. The van der Waals surface area contributed by atoms with Crippen LogP contribution in [0.4, 0.5) is 5.13 Å². The normalized spacial score (nSPS) is 10.0. The fraction of sp³-hybridized carbons (Fsp3) is 0.167. The second kappa shape index (κ2) is 3.31. The summed E-state index contributed by atoms with van der Waals surface area (Å²) in [7, 11) is 0. The van der Waals surface area contributed by atoms with Crippen LogP contribution in [-0.2, 0) is 6.54 Å². The minimum Gasteiger partial charge on any atom is -0.355 e. The number of rotatable bonds is 3. The van der Waals surface area contributed by atoms with E-state index in [4.69, 9.17) is 0 Å². The highest BCUT2D eigenvalue weighted by Gasteiger charge is 1.95. The lowest BCUT2D eigenvalue weighted by Crippen LogP contribution is -1.98. The fourth-order valence-corrected chi connectivity index (χ4v) is 1.23. The molecule has 0 bridgehead atoms. The predicted molar refractivity (Wildman–Crippen MR) is 45.8 cm³/mol. The summed E-state index contributed by atoms with van der Waals surface area (Å²) in [5.41, 5.74) is 1.03. The Hall–Kier alpha value is -1.43. The van der Waals surface area contributed by atoms with Gasteiger partial charge in [0.15, 0.2) is 0 Å². The summed E-state index contributed by atoms with van der Waals surface area (Å²) in [6.07, 6.45) is 4.95. The zero-order valence-corrected chi connectivity index (χ0v) is 7.01. The van der Waals surface area contributed by atoms with Crippen molar-refractivity contribution in [1.29, 1.82) is 0 Å². The molecule has 0 radical (unpaired) electrons. The van der Waals surface area contributed by atoms with Gasteiger partial charge in [0.05, 0.1) is 18.6 Å². The molecule has 0 atom stereocenters. The number of H-pyrrole nitrogens is 1. The number of hydrogen-bond acceptors (Lipinski definition) is 5. The van der Waals surface area contributed by atoms with Gasteiger partial charge in [0, 0.05) is 17.7 Å². The fourth-order valence-electron chi connectivity index (χ4n) is 0.803. The Balaban J connectivity index is 1.91. The zero-order chi connectivity index (χ0) is 8.23. The van der Waals surface area contributed by atoms with Crippen molar-refractivity contribution in [3.63, 3.8) is 0 Å². The molecular weight excluding hydrogens is 174 g/mol. The highest BCUT2D eigenvalue weighted by Crippen LogP contribution is 2.07. The van der Waals surface area contributed by atoms with Gasteiger partial charge >= 0.3 is 0 Å². The molecule has 2 rings (SSSR count). The van der Waals surface area contributed by atoms with Crippen molar-refractivity contribution in [3.05, 3.63) is 24.5 Å². The van der Waals surface area contributed by atoms with Crippen LogP contribution in [0, 0.1) is 0 Å². The molecule has 0 amide bonds. The Kier molecular flexibility index (Phi) is 2.00. The van der Waals surface area contributed by atoms with Crippen LogP contribution in [0.1, 0.15) is 5.69 Å².